The Morgan fingerprint density at radius 1 is 1.35 bits per heavy atom. The van der Waals surface area contributed by atoms with Crippen LogP contribution in [0.3, 0.4) is 0 Å². The lowest BCUT2D eigenvalue weighted by Gasteiger charge is -2.33. The van der Waals surface area contributed by atoms with E-state index in [2.05, 4.69) is 15.0 Å². The number of rotatable bonds is 5. The second-order valence-electron chi connectivity index (χ2n) is 5.41. The first-order valence-electron chi connectivity index (χ1n) is 7.08. The first-order chi connectivity index (χ1) is 9.76. The molecule has 1 saturated carbocycles. The molecule has 3 rings (SSSR count). The molecule has 0 atom stereocenters. The zero-order valence-corrected chi connectivity index (χ0v) is 11.7. The Morgan fingerprint density at radius 3 is 2.75 bits per heavy atom. The van der Waals surface area contributed by atoms with E-state index in [1.54, 1.807) is 7.11 Å². The molecule has 2 heterocycles. The van der Waals surface area contributed by atoms with Gasteiger partial charge in [-0.3, -0.25) is 9.69 Å². The van der Waals surface area contributed by atoms with Crippen LogP contribution in [0.2, 0.25) is 0 Å². The van der Waals surface area contributed by atoms with E-state index < -0.39 is 0 Å². The van der Waals surface area contributed by atoms with Gasteiger partial charge in [0.05, 0.1) is 6.54 Å². The maximum absolute atomic E-state index is 11.7. The molecule has 110 valence electrons. The van der Waals surface area contributed by atoms with E-state index in [-0.39, 0.29) is 12.5 Å². The summed E-state index contributed by atoms with van der Waals surface area (Å²) in [5, 5.41) is 4.02. The molecule has 1 aliphatic heterocycles. The van der Waals surface area contributed by atoms with E-state index in [1.807, 2.05) is 4.90 Å². The van der Waals surface area contributed by atoms with Gasteiger partial charge in [0, 0.05) is 39.2 Å². The highest BCUT2D eigenvalue weighted by Gasteiger charge is 2.29. The molecule has 1 aliphatic carbocycles. The second kappa shape index (κ2) is 5.88. The average Bonchev–Trinajstić information content (AvgIpc) is 3.21. The Bertz CT molecular complexity index is 464. The number of methoxy groups -OCH3 is 1. The van der Waals surface area contributed by atoms with Crippen LogP contribution in [0.15, 0.2) is 4.52 Å². The number of carbonyl (C=O) groups excluding carboxylic acids is 1. The lowest BCUT2D eigenvalue weighted by atomic mass is 10.3. The van der Waals surface area contributed by atoms with E-state index in [9.17, 15) is 4.79 Å². The number of aromatic nitrogens is 2. The first-order valence-corrected chi connectivity index (χ1v) is 7.08. The SMILES string of the molecule is COCC(=O)N1CCN(Cc2nc(C3CC3)no2)CC1. The number of hydrogen-bond donors (Lipinski definition) is 0. The van der Waals surface area contributed by atoms with Crippen molar-refractivity contribution in [2.45, 2.75) is 25.3 Å². The van der Waals surface area contributed by atoms with Crippen LogP contribution >= 0.6 is 0 Å². The van der Waals surface area contributed by atoms with E-state index >= 15 is 0 Å². The molecule has 20 heavy (non-hydrogen) atoms. The van der Waals surface area contributed by atoms with Gasteiger partial charge in [-0.15, -0.1) is 0 Å². The topological polar surface area (TPSA) is 71.7 Å². The smallest absolute Gasteiger partial charge is 0.248 e. The molecule has 0 aromatic carbocycles. The first kappa shape index (κ1) is 13.5. The lowest BCUT2D eigenvalue weighted by molar-refractivity contribution is -0.137. The normalized spacial score (nSPS) is 20.4. The predicted molar refractivity (Wildman–Crippen MR) is 70.0 cm³/mol. The maximum Gasteiger partial charge on any atom is 0.248 e. The summed E-state index contributed by atoms with van der Waals surface area (Å²) in [6.07, 6.45) is 2.36. The van der Waals surface area contributed by atoms with Crippen molar-refractivity contribution in [2.75, 3.05) is 39.9 Å². The minimum absolute atomic E-state index is 0.0564. The van der Waals surface area contributed by atoms with Gasteiger partial charge in [-0.1, -0.05) is 5.16 Å². The third-order valence-electron chi connectivity index (χ3n) is 3.78. The molecule has 0 spiro atoms. The number of amides is 1. The molecule has 0 bridgehead atoms. The van der Waals surface area contributed by atoms with E-state index in [1.165, 1.54) is 12.8 Å². The molecule has 7 heteroatoms. The van der Waals surface area contributed by atoms with E-state index in [0.29, 0.717) is 18.4 Å². The second-order valence-corrected chi connectivity index (χ2v) is 5.41. The number of nitrogens with zero attached hydrogens (tertiary/aromatic N) is 4. The summed E-state index contributed by atoms with van der Waals surface area (Å²) in [5.41, 5.74) is 0. The molecule has 0 radical (unpaired) electrons. The van der Waals surface area contributed by atoms with Crippen molar-refractivity contribution in [3.8, 4) is 0 Å². The van der Waals surface area contributed by atoms with Crippen LogP contribution in [0.1, 0.15) is 30.5 Å². The standard InChI is InChI=1S/C13H20N4O3/c1-19-9-12(18)17-6-4-16(5-7-17)8-11-14-13(15-20-11)10-2-3-10/h10H,2-9H2,1H3. The fourth-order valence-electron chi connectivity index (χ4n) is 2.40. The Labute approximate surface area is 117 Å². The van der Waals surface area contributed by atoms with Gasteiger partial charge in [-0.25, -0.2) is 0 Å². The molecule has 0 unspecified atom stereocenters. The number of carbonyl (C=O) groups is 1. The molecular weight excluding hydrogens is 260 g/mol. The van der Waals surface area contributed by atoms with E-state index in [0.717, 1.165) is 32.0 Å². The fourth-order valence-corrected chi connectivity index (χ4v) is 2.40. The number of ether oxygens (including phenoxy) is 1. The Morgan fingerprint density at radius 2 is 2.10 bits per heavy atom. The summed E-state index contributed by atoms with van der Waals surface area (Å²) in [4.78, 5) is 20.2. The molecule has 1 saturated heterocycles. The quantitative estimate of drug-likeness (QED) is 0.769. The van der Waals surface area contributed by atoms with Gasteiger partial charge in [0.2, 0.25) is 11.8 Å². The van der Waals surface area contributed by atoms with Crippen molar-refractivity contribution >= 4 is 5.91 Å². The zero-order valence-electron chi connectivity index (χ0n) is 11.7. The molecule has 2 fully saturated rings. The van der Waals surface area contributed by atoms with Crippen molar-refractivity contribution in [1.29, 1.82) is 0 Å². The summed E-state index contributed by atoms with van der Waals surface area (Å²) >= 11 is 0. The highest BCUT2D eigenvalue weighted by Crippen LogP contribution is 2.38. The van der Waals surface area contributed by atoms with Gasteiger partial charge in [0.1, 0.15) is 6.61 Å². The van der Waals surface area contributed by atoms with Gasteiger partial charge in [-0.2, -0.15) is 4.98 Å². The van der Waals surface area contributed by atoms with Crippen LogP contribution in [0.5, 0.6) is 0 Å². The highest BCUT2D eigenvalue weighted by atomic mass is 16.5. The minimum atomic E-state index is 0.0564. The predicted octanol–water partition coefficient (Wildman–Crippen LogP) is 0.238. The van der Waals surface area contributed by atoms with Crippen LogP contribution in [0, 0.1) is 0 Å². The average molecular weight is 280 g/mol. The van der Waals surface area contributed by atoms with Crippen molar-refractivity contribution in [1.82, 2.24) is 19.9 Å². The molecule has 1 amide bonds. The largest absolute Gasteiger partial charge is 0.375 e. The van der Waals surface area contributed by atoms with Crippen LogP contribution < -0.4 is 0 Å². The number of hydrogen-bond acceptors (Lipinski definition) is 6. The van der Waals surface area contributed by atoms with Gasteiger partial charge < -0.3 is 14.2 Å². The molecule has 1 aromatic heterocycles. The third-order valence-corrected chi connectivity index (χ3v) is 3.78. The van der Waals surface area contributed by atoms with Gasteiger partial charge >= 0.3 is 0 Å². The molecule has 7 nitrogen and oxygen atoms in total. The summed E-state index contributed by atoms with van der Waals surface area (Å²) in [6, 6.07) is 0. The highest BCUT2D eigenvalue weighted by molar-refractivity contribution is 5.77. The van der Waals surface area contributed by atoms with Crippen LogP contribution in [-0.2, 0) is 16.1 Å². The van der Waals surface area contributed by atoms with Crippen molar-refractivity contribution < 1.29 is 14.1 Å². The van der Waals surface area contributed by atoms with Gasteiger partial charge in [0.25, 0.3) is 0 Å². The monoisotopic (exact) mass is 280 g/mol. The van der Waals surface area contributed by atoms with Crippen LogP contribution in [-0.4, -0.2) is 65.7 Å². The molecule has 2 aliphatic rings. The molecular formula is C13H20N4O3. The maximum atomic E-state index is 11.7. The lowest BCUT2D eigenvalue weighted by Crippen LogP contribution is -2.49. The van der Waals surface area contributed by atoms with Gasteiger partial charge in [0.15, 0.2) is 5.82 Å². The molecule has 1 aromatic rings. The van der Waals surface area contributed by atoms with Crippen molar-refractivity contribution in [2.24, 2.45) is 0 Å². The van der Waals surface area contributed by atoms with Crippen LogP contribution in [0.4, 0.5) is 0 Å². The third kappa shape index (κ3) is 3.16. The minimum Gasteiger partial charge on any atom is -0.375 e. The van der Waals surface area contributed by atoms with Crippen molar-refractivity contribution in [3.63, 3.8) is 0 Å². The van der Waals surface area contributed by atoms with Crippen LogP contribution in [0.25, 0.3) is 0 Å². The fraction of sp³-hybridized carbons (Fsp3) is 0.769. The Hall–Kier alpha value is -1.47. The summed E-state index contributed by atoms with van der Waals surface area (Å²) < 4.78 is 10.2. The van der Waals surface area contributed by atoms with E-state index in [4.69, 9.17) is 9.26 Å². The number of piperazine rings is 1. The van der Waals surface area contributed by atoms with Crippen molar-refractivity contribution in [3.05, 3.63) is 11.7 Å². The summed E-state index contributed by atoms with van der Waals surface area (Å²) in [5.74, 6) is 2.12. The van der Waals surface area contributed by atoms with Gasteiger partial charge in [-0.05, 0) is 12.8 Å². The summed E-state index contributed by atoms with van der Waals surface area (Å²) in [7, 11) is 1.54. The molecule has 0 N–H and O–H groups in total. The summed E-state index contributed by atoms with van der Waals surface area (Å²) in [6.45, 7) is 3.95. The Balaban J connectivity index is 1.46. The Kier molecular flexibility index (Phi) is 3.98. The zero-order chi connectivity index (χ0) is 13.9.